The van der Waals surface area contributed by atoms with E-state index in [2.05, 4.69) is 11.9 Å². The third kappa shape index (κ3) is 6.92. The van der Waals surface area contributed by atoms with Gasteiger partial charge in [0.15, 0.2) is 0 Å². The van der Waals surface area contributed by atoms with Gasteiger partial charge in [0.2, 0.25) is 5.91 Å². The van der Waals surface area contributed by atoms with Crippen LogP contribution in [0.1, 0.15) is 40.5 Å². The number of nitrogens with one attached hydrogen (secondary N) is 1. The van der Waals surface area contributed by atoms with Gasteiger partial charge in [-0.3, -0.25) is 14.9 Å². The van der Waals surface area contributed by atoms with E-state index in [0.29, 0.717) is 6.54 Å². The molecule has 3 amide bonds. The lowest BCUT2D eigenvalue weighted by Gasteiger charge is -2.34. The average Bonchev–Trinajstić information content (AvgIpc) is 2.21. The molecule has 0 bridgehead atoms. The first kappa shape index (κ1) is 18.1. The Kier molecular flexibility index (Phi) is 6.96. The second kappa shape index (κ2) is 7.67. The first-order valence-electron chi connectivity index (χ1n) is 6.52. The van der Waals surface area contributed by atoms with Gasteiger partial charge in [0.1, 0.15) is 0 Å². The Morgan fingerprint density at radius 1 is 1.30 bits per heavy atom. The number of carboxylic acids is 1. The van der Waals surface area contributed by atoms with Gasteiger partial charge in [0, 0.05) is 24.9 Å². The highest BCUT2D eigenvalue weighted by Crippen LogP contribution is 2.13. The SMILES string of the molecule is C=CCN(C(=O)NC(=O)CC(C)CC(=O)O)C(C)(C)C. The Morgan fingerprint density at radius 2 is 1.85 bits per heavy atom. The molecular weight excluding hydrogens is 260 g/mol. The fraction of sp³-hybridized carbons (Fsp3) is 0.643. The van der Waals surface area contributed by atoms with Crippen LogP contribution in [0.3, 0.4) is 0 Å². The van der Waals surface area contributed by atoms with E-state index in [1.165, 1.54) is 4.90 Å². The van der Waals surface area contributed by atoms with E-state index < -0.39 is 23.4 Å². The number of amides is 3. The Labute approximate surface area is 119 Å². The molecule has 0 radical (unpaired) electrons. The fourth-order valence-corrected chi connectivity index (χ4v) is 1.72. The molecule has 2 N–H and O–H groups in total. The van der Waals surface area contributed by atoms with E-state index in [9.17, 15) is 14.4 Å². The van der Waals surface area contributed by atoms with Crippen LogP contribution < -0.4 is 5.32 Å². The van der Waals surface area contributed by atoms with Crippen molar-refractivity contribution < 1.29 is 19.5 Å². The van der Waals surface area contributed by atoms with Crippen molar-refractivity contribution in [1.82, 2.24) is 10.2 Å². The van der Waals surface area contributed by atoms with Crippen LogP contribution in [-0.4, -0.2) is 40.0 Å². The second-order valence-electron chi connectivity index (χ2n) is 5.83. The molecule has 0 aromatic rings. The average molecular weight is 284 g/mol. The Hall–Kier alpha value is -1.85. The zero-order valence-corrected chi connectivity index (χ0v) is 12.6. The normalized spacial score (nSPS) is 12.4. The summed E-state index contributed by atoms with van der Waals surface area (Å²) in [4.78, 5) is 35.7. The van der Waals surface area contributed by atoms with Crippen LogP contribution >= 0.6 is 0 Å². The van der Waals surface area contributed by atoms with Gasteiger partial charge >= 0.3 is 12.0 Å². The van der Waals surface area contributed by atoms with Crippen molar-refractivity contribution in [3.05, 3.63) is 12.7 Å². The Bertz CT molecular complexity index is 385. The summed E-state index contributed by atoms with van der Waals surface area (Å²) in [5.41, 5.74) is -0.439. The van der Waals surface area contributed by atoms with E-state index in [1.807, 2.05) is 20.8 Å². The van der Waals surface area contributed by atoms with Gasteiger partial charge in [-0.1, -0.05) is 13.0 Å². The summed E-state index contributed by atoms with van der Waals surface area (Å²) in [5, 5.41) is 10.9. The van der Waals surface area contributed by atoms with Crippen LogP contribution in [-0.2, 0) is 9.59 Å². The first-order chi connectivity index (χ1) is 9.07. The number of imide groups is 1. The maximum atomic E-state index is 12.0. The molecule has 0 aliphatic heterocycles. The van der Waals surface area contributed by atoms with Crippen molar-refractivity contribution in [2.45, 2.75) is 46.1 Å². The van der Waals surface area contributed by atoms with E-state index in [-0.39, 0.29) is 18.8 Å². The number of hydrogen-bond acceptors (Lipinski definition) is 3. The topological polar surface area (TPSA) is 86.7 Å². The molecule has 0 aromatic carbocycles. The molecule has 114 valence electrons. The van der Waals surface area contributed by atoms with E-state index in [4.69, 9.17) is 5.11 Å². The summed E-state index contributed by atoms with van der Waals surface area (Å²) in [6.45, 7) is 11.1. The Balaban J connectivity index is 4.53. The summed E-state index contributed by atoms with van der Waals surface area (Å²) in [5.74, 6) is -1.75. The predicted molar refractivity (Wildman–Crippen MR) is 76.2 cm³/mol. The molecule has 0 saturated carbocycles. The fourth-order valence-electron chi connectivity index (χ4n) is 1.72. The van der Waals surface area contributed by atoms with Crippen LogP contribution in [0, 0.1) is 5.92 Å². The molecular formula is C14H24N2O4. The van der Waals surface area contributed by atoms with Gasteiger partial charge < -0.3 is 10.0 Å². The predicted octanol–water partition coefficient (Wildman–Crippen LogP) is 2.01. The summed E-state index contributed by atoms with van der Waals surface area (Å²) in [7, 11) is 0. The van der Waals surface area contributed by atoms with Gasteiger partial charge in [-0.2, -0.15) is 0 Å². The van der Waals surface area contributed by atoms with E-state index >= 15 is 0 Å². The van der Waals surface area contributed by atoms with Crippen LogP contribution in [0.25, 0.3) is 0 Å². The third-order valence-electron chi connectivity index (χ3n) is 2.67. The number of carbonyl (C=O) groups excluding carboxylic acids is 2. The van der Waals surface area contributed by atoms with Gasteiger partial charge in [0.25, 0.3) is 0 Å². The lowest BCUT2D eigenvalue weighted by atomic mass is 10.0. The lowest BCUT2D eigenvalue weighted by Crippen LogP contribution is -2.51. The minimum atomic E-state index is -0.959. The maximum absolute atomic E-state index is 12.0. The summed E-state index contributed by atoms with van der Waals surface area (Å²) in [6.07, 6.45) is 1.49. The minimum Gasteiger partial charge on any atom is -0.481 e. The van der Waals surface area contributed by atoms with Crippen LogP contribution in [0.5, 0.6) is 0 Å². The monoisotopic (exact) mass is 284 g/mol. The highest BCUT2D eigenvalue weighted by molar-refractivity contribution is 5.94. The maximum Gasteiger partial charge on any atom is 0.324 e. The van der Waals surface area contributed by atoms with E-state index in [0.717, 1.165) is 0 Å². The molecule has 0 aliphatic carbocycles. The van der Waals surface area contributed by atoms with Crippen molar-refractivity contribution >= 4 is 17.9 Å². The summed E-state index contributed by atoms with van der Waals surface area (Å²) < 4.78 is 0. The van der Waals surface area contributed by atoms with Gasteiger partial charge in [-0.25, -0.2) is 4.79 Å². The molecule has 0 fully saturated rings. The molecule has 20 heavy (non-hydrogen) atoms. The standard InChI is InChI=1S/C14H24N2O4/c1-6-7-16(14(3,4)5)13(20)15-11(17)8-10(2)9-12(18)19/h6,10H,1,7-9H2,2-5H3,(H,18,19)(H,15,17,20). The van der Waals surface area contributed by atoms with Crippen molar-refractivity contribution in [1.29, 1.82) is 0 Å². The summed E-state index contributed by atoms with van der Waals surface area (Å²) in [6, 6.07) is -0.495. The second-order valence-corrected chi connectivity index (χ2v) is 5.83. The number of carboxylic acid groups (broad SMARTS) is 1. The number of nitrogens with zero attached hydrogens (tertiary/aromatic N) is 1. The lowest BCUT2D eigenvalue weighted by molar-refractivity contribution is -0.138. The van der Waals surface area contributed by atoms with Crippen LogP contribution in [0.15, 0.2) is 12.7 Å². The first-order valence-corrected chi connectivity index (χ1v) is 6.52. The molecule has 1 unspecified atom stereocenters. The number of aliphatic carboxylic acids is 1. The van der Waals surface area contributed by atoms with Crippen molar-refractivity contribution in [2.75, 3.05) is 6.54 Å². The molecule has 6 nitrogen and oxygen atoms in total. The third-order valence-corrected chi connectivity index (χ3v) is 2.67. The molecule has 1 atom stereocenters. The quantitative estimate of drug-likeness (QED) is 0.730. The van der Waals surface area contributed by atoms with Gasteiger partial charge in [0.05, 0.1) is 0 Å². The highest BCUT2D eigenvalue weighted by Gasteiger charge is 2.26. The number of urea groups is 1. The van der Waals surface area contributed by atoms with Crippen molar-refractivity contribution in [3.63, 3.8) is 0 Å². The molecule has 0 saturated heterocycles. The minimum absolute atomic E-state index is 0.00408. The van der Waals surface area contributed by atoms with Crippen molar-refractivity contribution in [2.24, 2.45) is 5.92 Å². The number of hydrogen-bond donors (Lipinski definition) is 2. The molecule has 0 heterocycles. The molecule has 6 heteroatoms. The zero-order chi connectivity index (χ0) is 15.9. The van der Waals surface area contributed by atoms with Crippen molar-refractivity contribution in [3.8, 4) is 0 Å². The van der Waals surface area contributed by atoms with Gasteiger partial charge in [-0.05, 0) is 26.7 Å². The largest absolute Gasteiger partial charge is 0.481 e. The smallest absolute Gasteiger partial charge is 0.324 e. The van der Waals surface area contributed by atoms with E-state index in [1.54, 1.807) is 13.0 Å². The Morgan fingerprint density at radius 3 is 2.25 bits per heavy atom. The number of rotatable bonds is 6. The molecule has 0 spiro atoms. The molecule has 0 aliphatic rings. The zero-order valence-electron chi connectivity index (χ0n) is 12.6. The molecule has 0 rings (SSSR count). The number of carbonyl (C=O) groups is 3. The molecule has 0 aromatic heterocycles. The highest BCUT2D eigenvalue weighted by atomic mass is 16.4. The van der Waals surface area contributed by atoms with Gasteiger partial charge in [-0.15, -0.1) is 6.58 Å². The van der Waals surface area contributed by atoms with Crippen LogP contribution in [0.2, 0.25) is 0 Å². The summed E-state index contributed by atoms with van der Waals surface area (Å²) >= 11 is 0. The van der Waals surface area contributed by atoms with Crippen LogP contribution in [0.4, 0.5) is 4.79 Å².